The molecule has 0 saturated heterocycles. The second-order valence-corrected chi connectivity index (χ2v) is 8.13. The van der Waals surface area contributed by atoms with Crippen molar-refractivity contribution in [3.63, 3.8) is 0 Å². The van der Waals surface area contributed by atoms with Crippen LogP contribution in [-0.4, -0.2) is 65.6 Å². The Balaban J connectivity index is 1.52. The van der Waals surface area contributed by atoms with Gasteiger partial charge in [0.2, 0.25) is 10.0 Å². The highest BCUT2D eigenvalue weighted by atomic mass is 32.2. The van der Waals surface area contributed by atoms with Gasteiger partial charge in [0.15, 0.2) is 0 Å². The van der Waals surface area contributed by atoms with Crippen molar-refractivity contribution in [2.45, 2.75) is 11.8 Å². The SMILES string of the molecule is Cc1ccnc2nc(C(=O)OCCOc3ccc(S(=O)(=O)N(C)C)cc3)nn12. The van der Waals surface area contributed by atoms with Gasteiger partial charge in [-0.05, 0) is 37.3 Å². The van der Waals surface area contributed by atoms with Crippen molar-refractivity contribution in [2.24, 2.45) is 0 Å². The number of aryl methyl sites for hydroxylation is 1. The molecule has 0 saturated carbocycles. The zero-order chi connectivity index (χ0) is 20.3. The van der Waals surface area contributed by atoms with Gasteiger partial charge in [0.05, 0.1) is 4.90 Å². The quantitative estimate of drug-likeness (QED) is 0.421. The first kappa shape index (κ1) is 19.7. The van der Waals surface area contributed by atoms with Crippen LogP contribution in [0.2, 0.25) is 0 Å². The number of rotatable bonds is 7. The van der Waals surface area contributed by atoms with Crippen molar-refractivity contribution in [1.29, 1.82) is 0 Å². The van der Waals surface area contributed by atoms with Gasteiger partial charge in [-0.3, -0.25) is 0 Å². The first-order valence-corrected chi connectivity index (χ1v) is 9.74. The number of carbonyl (C=O) groups is 1. The lowest BCUT2D eigenvalue weighted by Gasteiger charge is -2.12. The monoisotopic (exact) mass is 405 g/mol. The summed E-state index contributed by atoms with van der Waals surface area (Å²) in [4.78, 5) is 20.3. The highest BCUT2D eigenvalue weighted by Crippen LogP contribution is 2.18. The van der Waals surface area contributed by atoms with Gasteiger partial charge >= 0.3 is 5.97 Å². The summed E-state index contributed by atoms with van der Waals surface area (Å²) in [5.41, 5.74) is 0.791. The van der Waals surface area contributed by atoms with Crippen LogP contribution in [0, 0.1) is 6.92 Å². The van der Waals surface area contributed by atoms with Gasteiger partial charge in [0.25, 0.3) is 11.6 Å². The zero-order valence-electron chi connectivity index (χ0n) is 15.6. The van der Waals surface area contributed by atoms with E-state index in [0.29, 0.717) is 11.5 Å². The molecule has 148 valence electrons. The Hall–Kier alpha value is -3.05. The first-order chi connectivity index (χ1) is 13.3. The van der Waals surface area contributed by atoms with Crippen LogP contribution in [0.3, 0.4) is 0 Å². The van der Waals surface area contributed by atoms with E-state index >= 15 is 0 Å². The fourth-order valence-electron chi connectivity index (χ4n) is 2.27. The number of aromatic nitrogens is 4. The van der Waals surface area contributed by atoms with Crippen molar-refractivity contribution in [3.8, 4) is 5.75 Å². The third kappa shape index (κ3) is 4.10. The van der Waals surface area contributed by atoms with E-state index in [9.17, 15) is 13.2 Å². The molecular weight excluding hydrogens is 386 g/mol. The molecule has 0 radical (unpaired) electrons. The molecule has 10 nitrogen and oxygen atoms in total. The van der Waals surface area contributed by atoms with Crippen molar-refractivity contribution >= 4 is 21.8 Å². The maximum atomic E-state index is 12.0. The summed E-state index contributed by atoms with van der Waals surface area (Å²) < 4.78 is 37.2. The van der Waals surface area contributed by atoms with Crippen LogP contribution in [0.5, 0.6) is 5.75 Å². The van der Waals surface area contributed by atoms with Crippen LogP contribution < -0.4 is 4.74 Å². The number of hydrogen-bond acceptors (Lipinski definition) is 8. The predicted molar refractivity (Wildman–Crippen MR) is 98.6 cm³/mol. The van der Waals surface area contributed by atoms with Crippen molar-refractivity contribution in [1.82, 2.24) is 23.9 Å². The summed E-state index contributed by atoms with van der Waals surface area (Å²) in [6.45, 7) is 1.90. The van der Waals surface area contributed by atoms with Crippen LogP contribution >= 0.6 is 0 Å². The van der Waals surface area contributed by atoms with Crippen LogP contribution in [0.4, 0.5) is 0 Å². The molecule has 0 aliphatic carbocycles. The molecule has 2 heterocycles. The van der Waals surface area contributed by atoms with Crippen molar-refractivity contribution < 1.29 is 22.7 Å². The summed E-state index contributed by atoms with van der Waals surface area (Å²) in [5, 5.41) is 4.06. The zero-order valence-corrected chi connectivity index (χ0v) is 16.4. The van der Waals surface area contributed by atoms with Gasteiger partial charge in [-0.2, -0.15) is 4.98 Å². The number of ether oxygens (including phenoxy) is 2. The maximum absolute atomic E-state index is 12.0. The number of sulfonamides is 1. The molecule has 0 unspecified atom stereocenters. The molecule has 3 rings (SSSR count). The standard InChI is InChI=1S/C17H19N5O5S/c1-12-8-9-18-17-19-15(20-22(12)17)16(23)27-11-10-26-13-4-6-14(7-5-13)28(24,25)21(2)3/h4-9H,10-11H2,1-3H3. The number of fused-ring (bicyclic) bond motifs is 1. The van der Waals surface area contributed by atoms with Gasteiger partial charge in [-0.15, -0.1) is 5.10 Å². The van der Waals surface area contributed by atoms with Gasteiger partial charge < -0.3 is 9.47 Å². The molecule has 11 heteroatoms. The second-order valence-electron chi connectivity index (χ2n) is 5.98. The van der Waals surface area contributed by atoms with Gasteiger partial charge in [0.1, 0.15) is 19.0 Å². The average Bonchev–Trinajstić information content (AvgIpc) is 3.11. The van der Waals surface area contributed by atoms with Crippen molar-refractivity contribution in [2.75, 3.05) is 27.3 Å². The van der Waals surface area contributed by atoms with E-state index < -0.39 is 16.0 Å². The summed E-state index contributed by atoms with van der Waals surface area (Å²) >= 11 is 0. The van der Waals surface area contributed by atoms with Crippen LogP contribution in [-0.2, 0) is 14.8 Å². The number of carbonyl (C=O) groups excluding carboxylic acids is 1. The molecule has 2 aromatic heterocycles. The molecule has 0 bridgehead atoms. The fourth-order valence-corrected chi connectivity index (χ4v) is 3.17. The summed E-state index contributed by atoms with van der Waals surface area (Å²) in [6.07, 6.45) is 1.58. The molecule has 0 aliphatic heterocycles. The van der Waals surface area contributed by atoms with Crippen LogP contribution in [0.1, 0.15) is 16.3 Å². The number of benzene rings is 1. The largest absolute Gasteiger partial charge is 0.490 e. The van der Waals surface area contributed by atoms with E-state index in [4.69, 9.17) is 9.47 Å². The van der Waals surface area contributed by atoms with Crippen molar-refractivity contribution in [3.05, 3.63) is 48.0 Å². The van der Waals surface area contributed by atoms with E-state index in [1.165, 1.54) is 42.9 Å². The number of esters is 1. The summed E-state index contributed by atoms with van der Waals surface area (Å²) in [7, 11) is -0.564. The molecule has 0 amide bonds. The smallest absolute Gasteiger partial charge is 0.378 e. The summed E-state index contributed by atoms with van der Waals surface area (Å²) in [5.74, 6) is 0.0105. The topological polar surface area (TPSA) is 116 Å². The van der Waals surface area contributed by atoms with E-state index in [2.05, 4.69) is 15.1 Å². The van der Waals surface area contributed by atoms with Crippen LogP contribution in [0.15, 0.2) is 41.4 Å². The minimum absolute atomic E-state index is 0.0153. The Bertz CT molecular complexity index is 1090. The lowest BCUT2D eigenvalue weighted by Crippen LogP contribution is -2.22. The van der Waals surface area contributed by atoms with Gasteiger partial charge in [0, 0.05) is 26.0 Å². The normalized spacial score (nSPS) is 11.7. The molecule has 1 aromatic carbocycles. The molecule has 0 spiro atoms. The van der Waals surface area contributed by atoms with Gasteiger partial charge in [-0.1, -0.05) is 0 Å². The Morgan fingerprint density at radius 3 is 2.50 bits per heavy atom. The predicted octanol–water partition coefficient (Wildman–Crippen LogP) is 0.919. The maximum Gasteiger partial charge on any atom is 0.378 e. The lowest BCUT2D eigenvalue weighted by atomic mass is 10.3. The first-order valence-electron chi connectivity index (χ1n) is 8.30. The van der Waals surface area contributed by atoms with E-state index in [0.717, 1.165) is 10.00 Å². The molecule has 3 aromatic rings. The Labute approximate surface area is 161 Å². The van der Waals surface area contributed by atoms with E-state index in [-0.39, 0.29) is 23.9 Å². The molecular formula is C17H19N5O5S. The van der Waals surface area contributed by atoms with Gasteiger partial charge in [-0.25, -0.2) is 27.0 Å². The number of nitrogens with zero attached hydrogens (tertiary/aromatic N) is 5. The third-order valence-corrected chi connectivity index (χ3v) is 5.63. The average molecular weight is 405 g/mol. The molecule has 0 N–H and O–H groups in total. The highest BCUT2D eigenvalue weighted by Gasteiger charge is 2.17. The van der Waals surface area contributed by atoms with Crippen LogP contribution in [0.25, 0.3) is 5.78 Å². The fraction of sp³-hybridized carbons (Fsp3) is 0.294. The Morgan fingerprint density at radius 1 is 1.14 bits per heavy atom. The molecule has 0 aliphatic rings. The minimum Gasteiger partial charge on any atom is -0.490 e. The highest BCUT2D eigenvalue weighted by molar-refractivity contribution is 7.89. The lowest BCUT2D eigenvalue weighted by molar-refractivity contribution is 0.0436. The molecule has 0 atom stereocenters. The second kappa shape index (κ2) is 7.90. The summed E-state index contributed by atoms with van der Waals surface area (Å²) in [6, 6.07) is 7.73. The molecule has 28 heavy (non-hydrogen) atoms. The van der Waals surface area contributed by atoms with E-state index in [1.807, 2.05) is 6.92 Å². The minimum atomic E-state index is -3.49. The molecule has 0 fully saturated rings. The number of hydrogen-bond donors (Lipinski definition) is 0. The Morgan fingerprint density at radius 2 is 1.86 bits per heavy atom. The third-order valence-electron chi connectivity index (χ3n) is 3.80. The Kier molecular flexibility index (Phi) is 5.56. The van der Waals surface area contributed by atoms with E-state index in [1.54, 1.807) is 12.3 Å².